The molecule has 9 heteroatoms. The van der Waals surface area contributed by atoms with Crippen LogP contribution in [0.1, 0.15) is 93.4 Å². The van der Waals surface area contributed by atoms with E-state index in [2.05, 4.69) is 79.9 Å². The number of rotatable bonds is 13. The fourth-order valence-corrected chi connectivity index (χ4v) is 8.23. The van der Waals surface area contributed by atoms with Crippen molar-refractivity contribution in [3.63, 3.8) is 0 Å². The highest BCUT2D eigenvalue weighted by Crippen LogP contribution is 2.44. The van der Waals surface area contributed by atoms with Gasteiger partial charge in [0.2, 0.25) is 0 Å². The van der Waals surface area contributed by atoms with Gasteiger partial charge >= 0.3 is 11.9 Å². The molecule has 0 aliphatic heterocycles. The predicted molar refractivity (Wildman–Crippen MR) is 182 cm³/mol. The van der Waals surface area contributed by atoms with E-state index < -0.39 is 46.5 Å². The quantitative estimate of drug-likeness (QED) is 0.0856. The monoisotopic (exact) mass is 650 g/mol. The second-order valence-electron chi connectivity index (χ2n) is 15.9. The molecule has 7 nitrogen and oxygen atoms in total. The Bertz CT molecular complexity index is 1030. The smallest absolute Gasteiger partial charge is 0.317 e. The van der Waals surface area contributed by atoms with E-state index in [1.165, 1.54) is 26.4 Å². The van der Waals surface area contributed by atoms with E-state index >= 15 is 0 Å². The molecule has 0 radical (unpaired) electrons. The van der Waals surface area contributed by atoms with E-state index in [0.717, 1.165) is 12.8 Å². The van der Waals surface area contributed by atoms with Crippen molar-refractivity contribution >= 4 is 34.4 Å². The molecule has 0 spiro atoms. The molecule has 252 valence electrons. The lowest BCUT2D eigenvalue weighted by molar-refractivity contribution is -0.151. The average Bonchev–Trinajstić information content (AvgIpc) is 3.23. The van der Waals surface area contributed by atoms with E-state index in [1.54, 1.807) is 12.2 Å². The fourth-order valence-electron chi connectivity index (χ4n) is 5.57. The number of esters is 2. The summed E-state index contributed by atoms with van der Waals surface area (Å²) in [7, 11) is -2.96. The van der Waals surface area contributed by atoms with Crippen molar-refractivity contribution < 1.29 is 32.7 Å². The summed E-state index contributed by atoms with van der Waals surface area (Å²) in [5, 5.41) is 0.0226. The molecule has 0 N–H and O–H groups in total. The lowest BCUT2D eigenvalue weighted by Gasteiger charge is -2.42. The van der Waals surface area contributed by atoms with Crippen LogP contribution in [0.2, 0.25) is 36.3 Å². The summed E-state index contributed by atoms with van der Waals surface area (Å²) in [4.78, 5) is 38.9. The average molecular weight is 651 g/mol. The first-order valence-corrected chi connectivity index (χ1v) is 22.5. The maximum absolute atomic E-state index is 13.5. The largest absolute Gasteiger partial charge is 0.469 e. The van der Waals surface area contributed by atoms with Gasteiger partial charge in [0.1, 0.15) is 18.3 Å². The third-order valence-corrected chi connectivity index (χ3v) is 19.6. The minimum absolute atomic E-state index is 0.0144. The highest BCUT2D eigenvalue weighted by atomic mass is 28.4. The van der Waals surface area contributed by atoms with Crippen LogP contribution in [-0.4, -0.2) is 60.3 Å². The molecule has 1 unspecified atom stereocenters. The van der Waals surface area contributed by atoms with Crippen LogP contribution in [0, 0.1) is 23.7 Å². The van der Waals surface area contributed by atoms with Crippen LogP contribution in [0.5, 0.6) is 0 Å². The molecule has 0 bridgehead atoms. The Kier molecular flexibility index (Phi) is 13.9. The van der Waals surface area contributed by atoms with Gasteiger partial charge in [-0.1, -0.05) is 92.0 Å². The number of hydrogen-bond acceptors (Lipinski definition) is 7. The zero-order valence-corrected chi connectivity index (χ0v) is 31.8. The molecular formula is C35H62O7Si2. The van der Waals surface area contributed by atoms with Crippen LogP contribution in [0.4, 0.5) is 0 Å². The third kappa shape index (κ3) is 10.2. The van der Waals surface area contributed by atoms with Crippen molar-refractivity contribution in [3.8, 4) is 0 Å². The van der Waals surface area contributed by atoms with Crippen LogP contribution in [0.15, 0.2) is 24.3 Å². The van der Waals surface area contributed by atoms with E-state index in [9.17, 15) is 14.4 Å². The maximum Gasteiger partial charge on any atom is 0.317 e. The van der Waals surface area contributed by atoms with Crippen molar-refractivity contribution in [1.82, 2.24) is 0 Å². The number of carbonyl (C=O) groups is 3. The molecule has 2 fully saturated rings. The molecule has 0 aromatic carbocycles. The maximum atomic E-state index is 13.5. The topological polar surface area (TPSA) is 88.1 Å². The second-order valence-corrected chi connectivity index (χ2v) is 25.4. The van der Waals surface area contributed by atoms with Crippen molar-refractivity contribution in [3.05, 3.63) is 24.3 Å². The fraction of sp³-hybridized carbons (Fsp3) is 0.800. The summed E-state index contributed by atoms with van der Waals surface area (Å²) in [5.41, 5.74) is 0. The van der Waals surface area contributed by atoms with Gasteiger partial charge in [0.15, 0.2) is 16.6 Å². The van der Waals surface area contributed by atoms with Gasteiger partial charge in [-0.3, -0.25) is 14.4 Å². The Balaban J connectivity index is 2.40. The van der Waals surface area contributed by atoms with Gasteiger partial charge in [-0.2, -0.15) is 0 Å². The van der Waals surface area contributed by atoms with Crippen molar-refractivity contribution in [2.45, 2.75) is 142 Å². The summed E-state index contributed by atoms with van der Waals surface area (Å²) < 4.78 is 24.3. The van der Waals surface area contributed by atoms with Crippen molar-refractivity contribution in [1.29, 1.82) is 0 Å². The van der Waals surface area contributed by atoms with Gasteiger partial charge < -0.3 is 18.3 Å². The summed E-state index contributed by atoms with van der Waals surface area (Å²) in [6.07, 6.45) is 13.8. The first-order chi connectivity index (χ1) is 20.3. The van der Waals surface area contributed by atoms with E-state index in [4.69, 9.17) is 18.3 Å². The lowest BCUT2D eigenvalue weighted by atomic mass is 9.84. The van der Waals surface area contributed by atoms with Crippen molar-refractivity contribution in [2.75, 3.05) is 13.7 Å². The van der Waals surface area contributed by atoms with E-state index in [-0.39, 0.29) is 41.0 Å². The lowest BCUT2D eigenvalue weighted by Crippen LogP contribution is -2.46. The Hall–Kier alpha value is -1.56. The highest BCUT2D eigenvalue weighted by Gasteiger charge is 2.50. The standard InChI is InChI=1S/C35H62O7Si2/c1-13-25(32(37)39-8)20-17-23-40-33(38)31-27(30(24-28(31)36)42-44(11,12)35(5,6)7)21-22-29(26-18-15-14-16-19-26)41-43(9,10)34(2,3)4/h17,20-22,25-27,29-31H,13-16,18-19,23-24H2,1-12H3/b20-17?,22-21+/t25?,27-,29+,30+,31+/m0/s1. The zero-order valence-electron chi connectivity index (χ0n) is 29.8. The Labute approximate surface area is 270 Å². The Morgan fingerprint density at radius 1 is 0.932 bits per heavy atom. The molecule has 2 aliphatic rings. The molecule has 2 aliphatic carbocycles. The summed E-state index contributed by atoms with van der Waals surface area (Å²) >= 11 is 0. The molecule has 5 atom stereocenters. The Morgan fingerprint density at radius 2 is 1.52 bits per heavy atom. The number of ether oxygens (including phenoxy) is 2. The van der Waals surface area contributed by atoms with Gasteiger partial charge in [0.05, 0.1) is 25.2 Å². The molecule has 0 heterocycles. The minimum atomic E-state index is -2.24. The van der Waals surface area contributed by atoms with Crippen LogP contribution in [-0.2, 0) is 32.7 Å². The van der Waals surface area contributed by atoms with Crippen LogP contribution >= 0.6 is 0 Å². The van der Waals surface area contributed by atoms with Crippen LogP contribution < -0.4 is 0 Å². The number of hydrogen-bond donors (Lipinski definition) is 0. The molecule has 0 amide bonds. The SMILES string of the molecule is CCC(C=CCOC(=O)[C@H]1C(=O)C[C@@H](O[Si](C)(C)C(C)(C)C)[C@@H]1/C=C/[C@@H](O[Si](C)(C)C(C)(C)C)C1CCCCC1)C(=O)OC. The third-order valence-electron chi connectivity index (χ3n) is 10.6. The zero-order chi connectivity index (χ0) is 33.5. The molecule has 44 heavy (non-hydrogen) atoms. The first-order valence-electron chi connectivity index (χ1n) is 16.7. The minimum Gasteiger partial charge on any atom is -0.469 e. The second kappa shape index (κ2) is 15.8. The van der Waals surface area contributed by atoms with Gasteiger partial charge in [0, 0.05) is 12.3 Å². The summed E-state index contributed by atoms with van der Waals surface area (Å²) in [6, 6.07) is 0. The van der Waals surface area contributed by atoms with Crippen LogP contribution in [0.25, 0.3) is 0 Å². The number of carbonyl (C=O) groups excluding carboxylic acids is 3. The molecular weight excluding hydrogens is 589 g/mol. The predicted octanol–water partition coefficient (Wildman–Crippen LogP) is 8.41. The normalized spacial score (nSPS) is 24.2. The number of methoxy groups -OCH3 is 1. The molecule has 2 rings (SSSR count). The molecule has 0 aromatic rings. The van der Waals surface area contributed by atoms with Crippen molar-refractivity contribution in [2.24, 2.45) is 23.7 Å². The summed E-state index contributed by atoms with van der Waals surface area (Å²) in [6.45, 7) is 24.2. The van der Waals surface area contributed by atoms with Crippen LogP contribution in [0.3, 0.4) is 0 Å². The number of ketones is 1. The molecule has 2 saturated carbocycles. The Morgan fingerprint density at radius 3 is 2.05 bits per heavy atom. The van der Waals surface area contributed by atoms with Gasteiger partial charge in [-0.15, -0.1) is 0 Å². The number of Topliss-reactive ketones (excluding diaryl/α,β-unsaturated/α-hetero) is 1. The van der Waals surface area contributed by atoms with Gasteiger partial charge in [-0.05, 0) is 61.4 Å². The summed E-state index contributed by atoms with van der Waals surface area (Å²) in [5.74, 6) is -2.36. The van der Waals surface area contributed by atoms with Gasteiger partial charge in [0.25, 0.3) is 0 Å². The molecule has 0 aromatic heterocycles. The molecule has 0 saturated heterocycles. The van der Waals surface area contributed by atoms with Gasteiger partial charge in [-0.25, -0.2) is 0 Å². The highest BCUT2D eigenvalue weighted by molar-refractivity contribution is 6.74. The first kappa shape index (κ1) is 38.6. The van der Waals surface area contributed by atoms with E-state index in [0.29, 0.717) is 12.3 Å². The van der Waals surface area contributed by atoms with E-state index in [1.807, 2.05) is 6.92 Å².